The summed E-state index contributed by atoms with van der Waals surface area (Å²) < 4.78 is 0. The van der Waals surface area contributed by atoms with Crippen molar-refractivity contribution in [2.75, 3.05) is 19.6 Å². The highest BCUT2D eigenvalue weighted by molar-refractivity contribution is 4.96. The Balaban J connectivity index is 1.99. The fourth-order valence-corrected chi connectivity index (χ4v) is 3.91. The van der Waals surface area contributed by atoms with Gasteiger partial charge in [0, 0.05) is 31.7 Å². The van der Waals surface area contributed by atoms with Gasteiger partial charge in [0.05, 0.1) is 0 Å². The van der Waals surface area contributed by atoms with E-state index in [-0.39, 0.29) is 0 Å². The van der Waals surface area contributed by atoms with Crippen molar-refractivity contribution >= 4 is 0 Å². The second kappa shape index (κ2) is 6.41. The zero-order chi connectivity index (χ0) is 13.9. The van der Waals surface area contributed by atoms with Gasteiger partial charge in [-0.1, -0.05) is 46.1 Å². The Hall–Kier alpha value is -0.340. The maximum absolute atomic E-state index is 3.95. The van der Waals surface area contributed by atoms with Crippen molar-refractivity contribution in [2.45, 2.75) is 65.0 Å². The number of rotatable bonds is 3. The molecule has 19 heavy (non-hydrogen) atoms. The van der Waals surface area contributed by atoms with Crippen molar-refractivity contribution < 1.29 is 0 Å². The number of piperazine rings is 1. The van der Waals surface area contributed by atoms with Crippen LogP contribution in [0.3, 0.4) is 0 Å². The summed E-state index contributed by atoms with van der Waals surface area (Å²) in [5.74, 6) is 0.905. The van der Waals surface area contributed by atoms with E-state index in [0.717, 1.165) is 19.0 Å². The zero-order valence-electron chi connectivity index (χ0n) is 13.1. The quantitative estimate of drug-likeness (QED) is 0.786. The normalized spacial score (nSPS) is 31.3. The predicted octanol–water partition coefficient (Wildman–Crippen LogP) is 3.44. The van der Waals surface area contributed by atoms with Gasteiger partial charge >= 0.3 is 0 Å². The van der Waals surface area contributed by atoms with Gasteiger partial charge < -0.3 is 5.32 Å². The van der Waals surface area contributed by atoms with Crippen LogP contribution in [0.2, 0.25) is 0 Å². The maximum Gasteiger partial charge on any atom is 0.0273 e. The lowest BCUT2D eigenvalue weighted by Gasteiger charge is -2.48. The molecule has 1 saturated carbocycles. The monoisotopic (exact) mass is 264 g/mol. The van der Waals surface area contributed by atoms with Crippen LogP contribution in [0.1, 0.15) is 52.9 Å². The molecule has 0 aromatic heterocycles. The Morgan fingerprint density at radius 2 is 1.89 bits per heavy atom. The maximum atomic E-state index is 3.95. The van der Waals surface area contributed by atoms with Crippen LogP contribution in [0, 0.1) is 11.3 Å². The third-order valence-corrected chi connectivity index (χ3v) is 5.03. The summed E-state index contributed by atoms with van der Waals surface area (Å²) in [5.41, 5.74) is 0.341. The third kappa shape index (κ3) is 3.82. The molecule has 1 aliphatic heterocycles. The summed E-state index contributed by atoms with van der Waals surface area (Å²) in [5, 5.41) is 3.86. The van der Waals surface area contributed by atoms with Crippen molar-refractivity contribution in [3.05, 3.63) is 12.7 Å². The summed E-state index contributed by atoms with van der Waals surface area (Å²) in [6, 6.07) is 1.34. The Bertz CT molecular complexity index is 286. The fourth-order valence-electron chi connectivity index (χ4n) is 3.91. The molecule has 1 aliphatic carbocycles. The molecule has 0 radical (unpaired) electrons. The molecule has 1 heterocycles. The number of nitrogens with zero attached hydrogens (tertiary/aromatic N) is 1. The van der Waals surface area contributed by atoms with E-state index in [0.29, 0.717) is 17.5 Å². The van der Waals surface area contributed by atoms with Crippen molar-refractivity contribution in [2.24, 2.45) is 11.3 Å². The lowest BCUT2D eigenvalue weighted by molar-refractivity contribution is 0.0465. The topological polar surface area (TPSA) is 15.3 Å². The Kier molecular flexibility index (Phi) is 5.08. The molecule has 2 atom stereocenters. The van der Waals surface area contributed by atoms with Crippen molar-refractivity contribution in [1.82, 2.24) is 10.2 Å². The summed E-state index contributed by atoms with van der Waals surface area (Å²) in [4.78, 5) is 2.66. The minimum Gasteiger partial charge on any atom is -0.311 e. The molecule has 2 nitrogen and oxygen atoms in total. The smallest absolute Gasteiger partial charge is 0.0273 e. The molecule has 1 N–H and O–H groups in total. The van der Waals surface area contributed by atoms with Crippen LogP contribution < -0.4 is 5.32 Å². The molecule has 2 rings (SSSR count). The molecule has 2 heteroatoms. The van der Waals surface area contributed by atoms with E-state index in [1.54, 1.807) is 0 Å². The first kappa shape index (κ1) is 15.1. The van der Waals surface area contributed by atoms with E-state index in [9.17, 15) is 0 Å². The van der Waals surface area contributed by atoms with E-state index in [1.807, 2.05) is 0 Å². The highest BCUT2D eigenvalue weighted by atomic mass is 15.2. The average Bonchev–Trinajstić information content (AvgIpc) is 2.39. The van der Waals surface area contributed by atoms with Crippen LogP contribution >= 0.6 is 0 Å². The standard InChI is InChI=1S/C17H32N2/c1-5-11-19-13-15(14-9-7-6-8-10-14)18-12-16(19)17(2,3)4/h5,14-16,18H,1,6-13H2,2-4H3. The predicted molar refractivity (Wildman–Crippen MR) is 83.4 cm³/mol. The largest absolute Gasteiger partial charge is 0.311 e. The molecule has 2 fully saturated rings. The first-order chi connectivity index (χ1) is 9.02. The summed E-state index contributed by atoms with van der Waals surface area (Å²) in [7, 11) is 0. The average molecular weight is 264 g/mol. The molecule has 110 valence electrons. The van der Waals surface area contributed by atoms with Crippen LogP contribution in [0.15, 0.2) is 12.7 Å². The van der Waals surface area contributed by atoms with Gasteiger partial charge in [0.25, 0.3) is 0 Å². The van der Waals surface area contributed by atoms with Crippen LogP contribution in [-0.2, 0) is 0 Å². The minimum atomic E-state index is 0.341. The van der Waals surface area contributed by atoms with Gasteiger partial charge in [0.1, 0.15) is 0 Å². The van der Waals surface area contributed by atoms with Crippen molar-refractivity contribution in [3.8, 4) is 0 Å². The summed E-state index contributed by atoms with van der Waals surface area (Å²) >= 11 is 0. The van der Waals surface area contributed by atoms with Crippen molar-refractivity contribution in [3.63, 3.8) is 0 Å². The highest BCUT2D eigenvalue weighted by Crippen LogP contribution is 2.31. The molecule has 0 spiro atoms. The lowest BCUT2D eigenvalue weighted by atomic mass is 9.79. The van der Waals surface area contributed by atoms with Crippen molar-refractivity contribution in [1.29, 1.82) is 0 Å². The van der Waals surface area contributed by atoms with Crippen LogP contribution in [0.5, 0.6) is 0 Å². The van der Waals surface area contributed by atoms with E-state index in [1.165, 1.54) is 38.6 Å². The van der Waals surface area contributed by atoms with E-state index >= 15 is 0 Å². The van der Waals surface area contributed by atoms with E-state index in [4.69, 9.17) is 0 Å². The van der Waals surface area contributed by atoms with Crippen LogP contribution in [-0.4, -0.2) is 36.6 Å². The second-order valence-electron chi connectivity index (χ2n) is 7.54. The molecular weight excluding hydrogens is 232 g/mol. The number of hydrogen-bond acceptors (Lipinski definition) is 2. The molecule has 1 saturated heterocycles. The first-order valence-electron chi connectivity index (χ1n) is 8.10. The van der Waals surface area contributed by atoms with Crippen LogP contribution in [0.4, 0.5) is 0 Å². The SMILES string of the molecule is C=CCN1CC(C2CCCCC2)NCC1C(C)(C)C. The Labute approximate surface area is 119 Å². The zero-order valence-corrected chi connectivity index (χ0v) is 13.1. The third-order valence-electron chi connectivity index (χ3n) is 5.03. The lowest BCUT2D eigenvalue weighted by Crippen LogP contribution is -2.62. The van der Waals surface area contributed by atoms with E-state index < -0.39 is 0 Å². The molecule has 0 amide bonds. The van der Waals surface area contributed by atoms with Gasteiger partial charge in [-0.2, -0.15) is 0 Å². The minimum absolute atomic E-state index is 0.341. The highest BCUT2D eigenvalue weighted by Gasteiger charge is 2.37. The van der Waals surface area contributed by atoms with Gasteiger partial charge in [-0.05, 0) is 24.2 Å². The molecule has 0 aromatic rings. The second-order valence-corrected chi connectivity index (χ2v) is 7.54. The molecule has 0 aromatic carbocycles. The van der Waals surface area contributed by atoms with Gasteiger partial charge in [0.15, 0.2) is 0 Å². The van der Waals surface area contributed by atoms with Crippen LogP contribution in [0.25, 0.3) is 0 Å². The van der Waals surface area contributed by atoms with Gasteiger partial charge in [-0.25, -0.2) is 0 Å². The fraction of sp³-hybridized carbons (Fsp3) is 0.882. The molecule has 0 bridgehead atoms. The molecule has 2 aliphatic rings. The number of nitrogens with one attached hydrogen (secondary N) is 1. The molecular formula is C17H32N2. The van der Waals surface area contributed by atoms with Gasteiger partial charge in [-0.15, -0.1) is 6.58 Å². The summed E-state index contributed by atoms with van der Waals surface area (Å²) in [6.07, 6.45) is 9.26. The molecule has 2 unspecified atom stereocenters. The first-order valence-corrected chi connectivity index (χ1v) is 8.10. The summed E-state index contributed by atoms with van der Waals surface area (Å²) in [6.45, 7) is 14.4. The Morgan fingerprint density at radius 3 is 2.47 bits per heavy atom. The number of hydrogen-bond donors (Lipinski definition) is 1. The Morgan fingerprint density at radius 1 is 1.21 bits per heavy atom. The van der Waals surface area contributed by atoms with Gasteiger partial charge in [-0.3, -0.25) is 4.90 Å². The van der Waals surface area contributed by atoms with E-state index in [2.05, 4.69) is 43.6 Å². The van der Waals surface area contributed by atoms with Gasteiger partial charge in [0.2, 0.25) is 0 Å².